The number of carbonyl (C=O) groups excluding carboxylic acids is 1. The zero-order chi connectivity index (χ0) is 29.5. The number of likely N-dealkylation sites (tertiary alicyclic amines) is 1. The molecule has 0 unspecified atom stereocenters. The van der Waals surface area contributed by atoms with Crippen LogP contribution in [0.1, 0.15) is 39.9 Å². The van der Waals surface area contributed by atoms with Crippen molar-refractivity contribution in [2.75, 3.05) is 20.1 Å². The summed E-state index contributed by atoms with van der Waals surface area (Å²) in [6.07, 6.45) is 9.29. The van der Waals surface area contributed by atoms with E-state index in [0.717, 1.165) is 59.1 Å². The number of Topliss-reactive ketones (excluding diaryl/α,β-unsaturated/α-hetero) is 1. The Hall–Kier alpha value is -4.61. The molecular weight excluding hydrogens is 563 g/mol. The summed E-state index contributed by atoms with van der Waals surface area (Å²) < 4.78 is 17.7. The molecule has 0 amide bonds. The molecule has 9 nitrogen and oxygen atoms in total. The van der Waals surface area contributed by atoms with Crippen LogP contribution in [0.15, 0.2) is 73.4 Å². The monoisotopic (exact) mass is 592 g/mol. The Morgan fingerprint density at radius 2 is 1.86 bits per heavy atom. The van der Waals surface area contributed by atoms with Gasteiger partial charge in [-0.3, -0.25) is 9.78 Å². The average molecular weight is 593 g/mol. The first kappa shape index (κ1) is 27.2. The molecule has 6 aromatic rings. The van der Waals surface area contributed by atoms with Crippen molar-refractivity contribution in [2.24, 2.45) is 0 Å². The summed E-state index contributed by atoms with van der Waals surface area (Å²) in [5, 5.41) is 5.71. The van der Waals surface area contributed by atoms with Gasteiger partial charge in [0, 0.05) is 29.6 Å². The lowest BCUT2D eigenvalue weighted by atomic mass is 10.0. The topological polar surface area (TPSA) is 94.1 Å². The van der Waals surface area contributed by atoms with E-state index in [9.17, 15) is 9.18 Å². The van der Waals surface area contributed by atoms with Crippen LogP contribution in [0.5, 0.6) is 0 Å². The molecule has 1 fully saturated rings. The molecule has 5 aromatic heterocycles. The Bertz CT molecular complexity index is 1920. The molecule has 1 aliphatic rings. The van der Waals surface area contributed by atoms with Crippen molar-refractivity contribution < 1.29 is 9.18 Å². The van der Waals surface area contributed by atoms with Crippen molar-refractivity contribution in [3.8, 4) is 33.2 Å². The number of benzene rings is 1. The first-order chi connectivity index (χ1) is 20.9. The number of piperidine rings is 1. The molecule has 216 valence electrons. The number of halogens is 1. The van der Waals surface area contributed by atoms with Crippen LogP contribution in [-0.4, -0.2) is 64.9 Å². The fourth-order valence-electron chi connectivity index (χ4n) is 5.64. The van der Waals surface area contributed by atoms with Gasteiger partial charge in [-0.15, -0.1) is 11.3 Å². The Morgan fingerprint density at radius 1 is 1.05 bits per heavy atom. The summed E-state index contributed by atoms with van der Waals surface area (Å²) in [5.74, 6) is -0.324. The number of hydrogen-bond acceptors (Lipinski definition) is 8. The van der Waals surface area contributed by atoms with Gasteiger partial charge in [0.15, 0.2) is 11.4 Å². The molecule has 1 aliphatic heterocycles. The summed E-state index contributed by atoms with van der Waals surface area (Å²) >= 11 is 1.38. The molecule has 7 rings (SSSR count). The molecule has 0 spiro atoms. The maximum absolute atomic E-state index is 13.8. The van der Waals surface area contributed by atoms with E-state index in [1.54, 1.807) is 29.0 Å². The highest BCUT2D eigenvalue weighted by Gasteiger charge is 2.25. The lowest BCUT2D eigenvalue weighted by Gasteiger charge is -2.30. The summed E-state index contributed by atoms with van der Waals surface area (Å²) in [4.78, 5) is 34.5. The number of ketones is 1. The van der Waals surface area contributed by atoms with Gasteiger partial charge < -0.3 is 9.47 Å². The first-order valence-electron chi connectivity index (χ1n) is 14.2. The van der Waals surface area contributed by atoms with Crippen molar-refractivity contribution in [3.63, 3.8) is 0 Å². The number of aromatic nitrogens is 7. The van der Waals surface area contributed by atoms with Crippen molar-refractivity contribution in [2.45, 2.75) is 32.2 Å². The van der Waals surface area contributed by atoms with Gasteiger partial charge in [0.05, 0.1) is 46.6 Å². The fourth-order valence-corrected chi connectivity index (χ4v) is 6.63. The van der Waals surface area contributed by atoms with Gasteiger partial charge in [0.2, 0.25) is 0 Å². The maximum Gasteiger partial charge on any atom is 0.180 e. The standard InChI is InChI=1S/C32H29FN8OS/c1-20-31(43-32(36-20)22-4-3-13-34-17-22)27(42)16-24-18-41-28(37-24)10-9-26(38-41)30-29(21-5-7-23(33)8-6-21)35-19-40(30)25-11-14-39(2)15-12-25/h3-10,13,17-19,25H,11-12,14-16H2,1-2H3. The lowest BCUT2D eigenvalue weighted by Crippen LogP contribution is -2.31. The number of aryl methyl sites for hydroxylation is 1. The molecule has 0 atom stereocenters. The zero-order valence-electron chi connectivity index (χ0n) is 23.8. The number of hydrogen-bond donors (Lipinski definition) is 0. The molecule has 11 heteroatoms. The predicted molar refractivity (Wildman–Crippen MR) is 163 cm³/mol. The van der Waals surface area contributed by atoms with Crippen LogP contribution in [-0.2, 0) is 6.42 Å². The third kappa shape index (κ3) is 5.37. The van der Waals surface area contributed by atoms with Crippen LogP contribution in [0.3, 0.4) is 0 Å². The highest BCUT2D eigenvalue weighted by atomic mass is 32.1. The van der Waals surface area contributed by atoms with Crippen molar-refractivity contribution in [3.05, 3.63) is 95.5 Å². The molecule has 0 N–H and O–H groups in total. The third-order valence-electron chi connectivity index (χ3n) is 7.91. The van der Waals surface area contributed by atoms with Crippen LogP contribution in [0.4, 0.5) is 4.39 Å². The van der Waals surface area contributed by atoms with Crippen molar-refractivity contribution >= 4 is 22.8 Å². The second-order valence-corrected chi connectivity index (χ2v) is 11.9. The minimum atomic E-state index is -0.290. The Kier molecular flexibility index (Phi) is 7.12. The Labute approximate surface area is 251 Å². The van der Waals surface area contributed by atoms with Gasteiger partial charge in [-0.2, -0.15) is 5.10 Å². The number of rotatable bonds is 7. The van der Waals surface area contributed by atoms with Crippen LogP contribution >= 0.6 is 11.3 Å². The first-order valence-corrected chi connectivity index (χ1v) is 15.0. The van der Waals surface area contributed by atoms with E-state index in [0.29, 0.717) is 21.9 Å². The summed E-state index contributed by atoms with van der Waals surface area (Å²) in [7, 11) is 2.14. The molecule has 0 radical (unpaired) electrons. The molecule has 1 saturated heterocycles. The number of carbonyl (C=O) groups is 1. The van der Waals surface area contributed by atoms with Gasteiger partial charge in [-0.1, -0.05) is 0 Å². The number of imidazole rings is 2. The second kappa shape index (κ2) is 11.2. The quantitative estimate of drug-likeness (QED) is 0.213. The molecule has 0 aliphatic carbocycles. The van der Waals surface area contributed by atoms with E-state index < -0.39 is 0 Å². The largest absolute Gasteiger partial charge is 0.326 e. The average Bonchev–Trinajstić information content (AvgIpc) is 3.74. The van der Waals surface area contributed by atoms with E-state index in [2.05, 4.69) is 26.5 Å². The summed E-state index contributed by atoms with van der Waals surface area (Å²) in [6, 6.07) is 14.3. The van der Waals surface area contributed by atoms with Crippen LogP contribution in [0.2, 0.25) is 0 Å². The molecular formula is C32H29FN8OS. The van der Waals surface area contributed by atoms with Gasteiger partial charge >= 0.3 is 0 Å². The van der Waals surface area contributed by atoms with Crippen LogP contribution in [0.25, 0.3) is 38.9 Å². The molecule has 0 saturated carbocycles. The number of nitrogens with zero attached hydrogens (tertiary/aromatic N) is 8. The normalized spacial score (nSPS) is 14.5. The van der Waals surface area contributed by atoms with Gasteiger partial charge in [-0.25, -0.2) is 23.9 Å². The van der Waals surface area contributed by atoms with Crippen LogP contribution < -0.4 is 0 Å². The zero-order valence-corrected chi connectivity index (χ0v) is 24.6. The highest BCUT2D eigenvalue weighted by molar-refractivity contribution is 7.17. The smallest absolute Gasteiger partial charge is 0.180 e. The highest BCUT2D eigenvalue weighted by Crippen LogP contribution is 2.35. The van der Waals surface area contributed by atoms with E-state index in [4.69, 9.17) is 15.1 Å². The van der Waals surface area contributed by atoms with E-state index in [-0.39, 0.29) is 24.1 Å². The molecule has 0 bridgehead atoms. The summed E-state index contributed by atoms with van der Waals surface area (Å²) in [6.45, 7) is 3.86. The maximum atomic E-state index is 13.8. The summed E-state index contributed by atoms with van der Waals surface area (Å²) in [5.41, 5.74) is 6.08. The van der Waals surface area contributed by atoms with E-state index in [1.807, 2.05) is 43.7 Å². The predicted octanol–water partition coefficient (Wildman–Crippen LogP) is 5.92. The fraction of sp³-hybridized carbons (Fsp3) is 0.250. The number of pyridine rings is 1. The van der Waals surface area contributed by atoms with E-state index >= 15 is 0 Å². The number of fused-ring (bicyclic) bond motifs is 1. The SMILES string of the molecule is Cc1nc(-c2cccnc2)sc1C(=O)Cc1cn2nc(-c3c(-c4ccc(F)cc4)ncn3C3CCN(C)CC3)ccc2n1. The Balaban J connectivity index is 1.21. The second-order valence-electron chi connectivity index (χ2n) is 10.9. The minimum Gasteiger partial charge on any atom is -0.326 e. The third-order valence-corrected chi connectivity index (χ3v) is 9.15. The van der Waals surface area contributed by atoms with Gasteiger partial charge in [0.1, 0.15) is 16.5 Å². The van der Waals surface area contributed by atoms with Crippen molar-refractivity contribution in [1.82, 2.24) is 39.0 Å². The minimum absolute atomic E-state index is 0.0345. The molecule has 43 heavy (non-hydrogen) atoms. The number of thiazole rings is 1. The van der Waals surface area contributed by atoms with Gasteiger partial charge in [0.25, 0.3) is 0 Å². The van der Waals surface area contributed by atoms with Crippen LogP contribution in [0, 0.1) is 12.7 Å². The lowest BCUT2D eigenvalue weighted by molar-refractivity contribution is 0.0995. The van der Waals surface area contributed by atoms with E-state index in [1.165, 1.54) is 23.5 Å². The van der Waals surface area contributed by atoms with Crippen molar-refractivity contribution in [1.29, 1.82) is 0 Å². The molecule has 1 aromatic carbocycles. The molecule has 6 heterocycles. The Morgan fingerprint density at radius 3 is 2.63 bits per heavy atom. The van der Waals surface area contributed by atoms with Gasteiger partial charge in [-0.05, 0) is 88.4 Å².